The maximum absolute atomic E-state index is 12.2. The SMILES string of the molecule is CC(C)(C)OC(=O)N[C@H](Cc1ccccc1)[C@@H](O)CN1CCCCC1. The lowest BCUT2D eigenvalue weighted by Crippen LogP contribution is -2.51. The molecule has 0 bridgehead atoms. The lowest BCUT2D eigenvalue weighted by atomic mass is 10.00. The van der Waals surface area contributed by atoms with E-state index in [2.05, 4.69) is 10.2 Å². The van der Waals surface area contributed by atoms with Crippen LogP contribution >= 0.6 is 0 Å². The van der Waals surface area contributed by atoms with Crippen molar-refractivity contribution in [3.05, 3.63) is 35.9 Å². The van der Waals surface area contributed by atoms with E-state index < -0.39 is 17.8 Å². The lowest BCUT2D eigenvalue weighted by molar-refractivity contribution is 0.0350. The molecule has 2 rings (SSSR count). The highest BCUT2D eigenvalue weighted by atomic mass is 16.6. The molecule has 0 saturated carbocycles. The van der Waals surface area contributed by atoms with Crippen molar-refractivity contribution in [2.45, 2.75) is 64.2 Å². The van der Waals surface area contributed by atoms with Crippen LogP contribution in [0.4, 0.5) is 4.79 Å². The predicted molar refractivity (Wildman–Crippen MR) is 99.6 cm³/mol. The van der Waals surface area contributed by atoms with Crippen LogP contribution in [0.25, 0.3) is 0 Å². The van der Waals surface area contributed by atoms with Crippen LogP contribution in [0.1, 0.15) is 45.6 Å². The zero-order valence-corrected chi connectivity index (χ0v) is 15.7. The van der Waals surface area contributed by atoms with Crippen molar-refractivity contribution >= 4 is 6.09 Å². The first kappa shape index (κ1) is 19.7. The van der Waals surface area contributed by atoms with Crippen LogP contribution in [-0.2, 0) is 11.2 Å². The zero-order valence-electron chi connectivity index (χ0n) is 15.7. The number of hydrogen-bond acceptors (Lipinski definition) is 4. The van der Waals surface area contributed by atoms with Crippen molar-refractivity contribution in [1.29, 1.82) is 0 Å². The number of nitrogens with zero attached hydrogens (tertiary/aromatic N) is 1. The second-order valence-electron chi connectivity index (χ2n) is 7.87. The molecule has 0 aliphatic carbocycles. The Morgan fingerprint density at radius 3 is 2.44 bits per heavy atom. The van der Waals surface area contributed by atoms with E-state index in [1.165, 1.54) is 19.3 Å². The number of ether oxygens (including phenoxy) is 1. The van der Waals surface area contributed by atoms with Gasteiger partial charge in [-0.05, 0) is 58.7 Å². The number of piperidine rings is 1. The molecule has 5 heteroatoms. The summed E-state index contributed by atoms with van der Waals surface area (Å²) in [6.07, 6.45) is 3.08. The van der Waals surface area contributed by atoms with Crippen LogP contribution in [0.2, 0.25) is 0 Å². The van der Waals surface area contributed by atoms with Gasteiger partial charge in [-0.1, -0.05) is 36.8 Å². The van der Waals surface area contributed by atoms with Crippen LogP contribution < -0.4 is 5.32 Å². The summed E-state index contributed by atoms with van der Waals surface area (Å²) in [6.45, 7) is 8.12. The summed E-state index contributed by atoms with van der Waals surface area (Å²) < 4.78 is 5.37. The second kappa shape index (κ2) is 9.20. The van der Waals surface area contributed by atoms with Gasteiger partial charge in [0.15, 0.2) is 0 Å². The van der Waals surface area contributed by atoms with E-state index in [0.29, 0.717) is 13.0 Å². The number of β-amino-alcohol motifs (C(OH)–C–C–N with tert-alkyl or cyclic N) is 1. The van der Waals surface area contributed by atoms with Crippen LogP contribution in [0, 0.1) is 0 Å². The molecule has 0 spiro atoms. The van der Waals surface area contributed by atoms with Gasteiger partial charge in [-0.25, -0.2) is 4.79 Å². The van der Waals surface area contributed by atoms with E-state index >= 15 is 0 Å². The van der Waals surface area contributed by atoms with E-state index in [-0.39, 0.29) is 6.04 Å². The Balaban J connectivity index is 2.00. The smallest absolute Gasteiger partial charge is 0.407 e. The van der Waals surface area contributed by atoms with Crippen LogP contribution in [-0.4, -0.2) is 53.5 Å². The van der Waals surface area contributed by atoms with Gasteiger partial charge < -0.3 is 20.1 Å². The number of likely N-dealkylation sites (tertiary alicyclic amines) is 1. The van der Waals surface area contributed by atoms with Gasteiger partial charge >= 0.3 is 6.09 Å². The molecular formula is C20H32N2O3. The Morgan fingerprint density at radius 1 is 1.20 bits per heavy atom. The Morgan fingerprint density at radius 2 is 1.84 bits per heavy atom. The molecule has 5 nitrogen and oxygen atoms in total. The van der Waals surface area contributed by atoms with E-state index in [1.807, 2.05) is 51.1 Å². The molecule has 25 heavy (non-hydrogen) atoms. The summed E-state index contributed by atoms with van der Waals surface area (Å²) in [6, 6.07) is 9.55. The molecular weight excluding hydrogens is 316 g/mol. The van der Waals surface area contributed by atoms with Crippen molar-refractivity contribution in [3.63, 3.8) is 0 Å². The Labute approximate surface area is 151 Å². The monoisotopic (exact) mass is 348 g/mol. The third-order valence-electron chi connectivity index (χ3n) is 4.36. The van der Waals surface area contributed by atoms with Crippen molar-refractivity contribution < 1.29 is 14.6 Å². The van der Waals surface area contributed by atoms with E-state index in [4.69, 9.17) is 4.74 Å². The minimum Gasteiger partial charge on any atom is -0.444 e. The third kappa shape index (κ3) is 7.45. The van der Waals surface area contributed by atoms with Crippen molar-refractivity contribution in [2.75, 3.05) is 19.6 Å². The average molecular weight is 348 g/mol. The summed E-state index contributed by atoms with van der Waals surface area (Å²) in [5, 5.41) is 13.6. The zero-order chi connectivity index (χ0) is 18.3. The van der Waals surface area contributed by atoms with E-state index in [9.17, 15) is 9.90 Å². The maximum atomic E-state index is 12.2. The molecule has 0 radical (unpaired) electrons. The van der Waals surface area contributed by atoms with Gasteiger partial charge in [-0.2, -0.15) is 0 Å². The standard InChI is InChI=1S/C20H32N2O3/c1-20(2,3)25-19(24)21-17(14-16-10-6-4-7-11-16)18(23)15-22-12-8-5-9-13-22/h4,6-7,10-11,17-18,23H,5,8-9,12-15H2,1-3H3,(H,21,24)/t17-,18+/m1/s1. The fourth-order valence-corrected chi connectivity index (χ4v) is 3.14. The normalized spacial score (nSPS) is 18.4. The number of carbonyl (C=O) groups excluding carboxylic acids is 1. The molecule has 1 aromatic rings. The summed E-state index contributed by atoms with van der Waals surface area (Å²) in [4.78, 5) is 14.5. The highest BCUT2D eigenvalue weighted by Crippen LogP contribution is 2.13. The Bertz CT molecular complexity index is 521. The largest absolute Gasteiger partial charge is 0.444 e. The Hall–Kier alpha value is -1.59. The lowest BCUT2D eigenvalue weighted by Gasteiger charge is -2.32. The minimum atomic E-state index is -0.633. The number of alkyl carbamates (subject to hydrolysis) is 1. The molecule has 1 fully saturated rings. The Kier molecular flexibility index (Phi) is 7.26. The predicted octanol–water partition coefficient (Wildman–Crippen LogP) is 2.97. The highest BCUT2D eigenvalue weighted by molar-refractivity contribution is 5.68. The first-order chi connectivity index (χ1) is 11.8. The number of nitrogens with one attached hydrogen (secondary N) is 1. The quantitative estimate of drug-likeness (QED) is 0.830. The average Bonchev–Trinajstić information content (AvgIpc) is 2.54. The van der Waals surface area contributed by atoms with Crippen molar-refractivity contribution in [1.82, 2.24) is 10.2 Å². The summed E-state index contributed by atoms with van der Waals surface area (Å²) in [7, 11) is 0. The van der Waals surface area contributed by atoms with Gasteiger partial charge in [0, 0.05) is 6.54 Å². The molecule has 2 atom stereocenters. The molecule has 1 saturated heterocycles. The first-order valence-corrected chi connectivity index (χ1v) is 9.27. The van der Waals surface area contributed by atoms with Crippen LogP contribution in [0.5, 0.6) is 0 Å². The third-order valence-corrected chi connectivity index (χ3v) is 4.36. The van der Waals surface area contributed by atoms with Gasteiger partial charge in [-0.3, -0.25) is 0 Å². The molecule has 0 aromatic heterocycles. The maximum Gasteiger partial charge on any atom is 0.407 e. The molecule has 1 aliphatic heterocycles. The van der Waals surface area contributed by atoms with Gasteiger partial charge in [-0.15, -0.1) is 0 Å². The summed E-state index contributed by atoms with van der Waals surface area (Å²) >= 11 is 0. The molecule has 140 valence electrons. The number of rotatable bonds is 6. The van der Waals surface area contributed by atoms with Crippen LogP contribution in [0.15, 0.2) is 30.3 Å². The van der Waals surface area contributed by atoms with E-state index in [0.717, 1.165) is 18.7 Å². The van der Waals surface area contributed by atoms with Gasteiger partial charge in [0.1, 0.15) is 5.60 Å². The number of hydrogen-bond donors (Lipinski definition) is 2. The molecule has 1 aliphatic rings. The van der Waals surface area contributed by atoms with E-state index in [1.54, 1.807) is 0 Å². The van der Waals surface area contributed by atoms with Gasteiger partial charge in [0.25, 0.3) is 0 Å². The second-order valence-corrected chi connectivity index (χ2v) is 7.87. The number of benzene rings is 1. The molecule has 0 unspecified atom stereocenters. The van der Waals surface area contributed by atoms with Gasteiger partial charge in [0.2, 0.25) is 0 Å². The number of aliphatic hydroxyl groups excluding tert-OH is 1. The fourth-order valence-electron chi connectivity index (χ4n) is 3.14. The molecule has 1 heterocycles. The topological polar surface area (TPSA) is 61.8 Å². The number of carbonyl (C=O) groups is 1. The minimum absolute atomic E-state index is 0.376. The molecule has 2 N–H and O–H groups in total. The van der Waals surface area contributed by atoms with Crippen molar-refractivity contribution in [3.8, 4) is 0 Å². The summed E-state index contributed by atoms with van der Waals surface area (Å²) in [5.41, 5.74) is 0.528. The fraction of sp³-hybridized carbons (Fsp3) is 0.650. The highest BCUT2D eigenvalue weighted by Gasteiger charge is 2.26. The van der Waals surface area contributed by atoms with Crippen molar-refractivity contribution in [2.24, 2.45) is 0 Å². The summed E-state index contributed by atoms with van der Waals surface area (Å²) in [5.74, 6) is 0. The molecule has 1 aromatic carbocycles. The number of amides is 1. The molecule has 1 amide bonds. The van der Waals surface area contributed by atoms with Gasteiger partial charge in [0.05, 0.1) is 12.1 Å². The number of aliphatic hydroxyl groups is 1. The van der Waals surface area contributed by atoms with Crippen LogP contribution in [0.3, 0.4) is 0 Å². The first-order valence-electron chi connectivity index (χ1n) is 9.27.